The first-order valence-corrected chi connectivity index (χ1v) is 7.57. The maximum atomic E-state index is 12.3. The largest absolute Gasteiger partial charge is 0.481 e. The molecular weight excluding hydrogens is 260 g/mol. The number of hydrogen-bond acceptors (Lipinski definition) is 3. The fourth-order valence-electron chi connectivity index (χ4n) is 3.63. The predicted molar refractivity (Wildman–Crippen MR) is 71.4 cm³/mol. The van der Waals surface area contributed by atoms with Crippen LogP contribution < -0.4 is 5.32 Å². The molecule has 0 aromatic rings. The van der Waals surface area contributed by atoms with Crippen LogP contribution in [0.1, 0.15) is 38.5 Å². The Labute approximate surface area is 118 Å². The number of carboxylic acid groups (broad SMARTS) is 1. The van der Waals surface area contributed by atoms with Gasteiger partial charge >= 0.3 is 12.0 Å². The summed E-state index contributed by atoms with van der Waals surface area (Å²) in [5.74, 6) is -1.23. The van der Waals surface area contributed by atoms with E-state index in [9.17, 15) is 14.7 Å². The Morgan fingerprint density at radius 1 is 1.05 bits per heavy atom. The minimum atomic E-state index is -0.794. The van der Waals surface area contributed by atoms with Gasteiger partial charge in [-0.3, -0.25) is 4.79 Å². The maximum absolute atomic E-state index is 12.3. The first-order chi connectivity index (χ1) is 9.63. The molecule has 0 radical (unpaired) electrons. The monoisotopic (exact) mass is 282 g/mol. The van der Waals surface area contributed by atoms with Gasteiger partial charge < -0.3 is 20.1 Å². The van der Waals surface area contributed by atoms with Gasteiger partial charge in [0.25, 0.3) is 0 Å². The molecule has 0 aromatic carbocycles. The van der Waals surface area contributed by atoms with E-state index in [2.05, 4.69) is 5.32 Å². The van der Waals surface area contributed by atoms with Crippen LogP contribution in [0, 0.1) is 5.92 Å². The average molecular weight is 282 g/mol. The quantitative estimate of drug-likeness (QED) is 0.797. The minimum absolute atomic E-state index is 0.122. The van der Waals surface area contributed by atoms with Crippen molar-refractivity contribution in [1.29, 1.82) is 0 Å². The Morgan fingerprint density at radius 2 is 1.70 bits per heavy atom. The van der Waals surface area contributed by atoms with Crippen LogP contribution in [-0.4, -0.2) is 53.3 Å². The van der Waals surface area contributed by atoms with Gasteiger partial charge in [0.1, 0.15) is 0 Å². The first kappa shape index (κ1) is 13.7. The standard InChI is InChI=1S/C14H22N2O4/c17-13(18)11-3-1-2-4-12(11)15-14(19)16-7-9-5-6-10(8-16)20-9/h9-12H,1-8H2,(H,15,19)(H,17,18). The minimum Gasteiger partial charge on any atom is -0.481 e. The molecule has 1 aliphatic carbocycles. The SMILES string of the molecule is O=C(O)C1CCCCC1NC(=O)N1CC2CCC(C1)O2. The molecular formula is C14H22N2O4. The molecule has 6 heteroatoms. The fourth-order valence-corrected chi connectivity index (χ4v) is 3.63. The van der Waals surface area contributed by atoms with Crippen molar-refractivity contribution >= 4 is 12.0 Å². The number of urea groups is 1. The number of aliphatic carboxylic acids is 1. The van der Waals surface area contributed by atoms with E-state index in [0.717, 1.165) is 32.1 Å². The maximum Gasteiger partial charge on any atom is 0.317 e. The summed E-state index contributed by atoms with van der Waals surface area (Å²) in [5.41, 5.74) is 0. The Morgan fingerprint density at radius 3 is 2.35 bits per heavy atom. The Kier molecular flexibility index (Phi) is 3.83. The Hall–Kier alpha value is -1.30. The zero-order valence-corrected chi connectivity index (χ0v) is 11.6. The summed E-state index contributed by atoms with van der Waals surface area (Å²) in [4.78, 5) is 25.4. The third-order valence-electron chi connectivity index (χ3n) is 4.72. The second kappa shape index (κ2) is 5.60. The molecule has 3 fully saturated rings. The van der Waals surface area contributed by atoms with Crippen LogP contribution in [0.25, 0.3) is 0 Å². The number of likely N-dealkylation sites (tertiary alicyclic amines) is 1. The smallest absolute Gasteiger partial charge is 0.317 e. The lowest BCUT2D eigenvalue weighted by atomic mass is 9.84. The number of carboxylic acids is 1. The Bertz CT molecular complexity index is 389. The van der Waals surface area contributed by atoms with Gasteiger partial charge in [0.05, 0.1) is 18.1 Å². The summed E-state index contributed by atoms with van der Waals surface area (Å²) in [6.07, 6.45) is 5.73. The number of amides is 2. The number of morpholine rings is 1. The van der Waals surface area contributed by atoms with Gasteiger partial charge in [-0.05, 0) is 25.7 Å². The van der Waals surface area contributed by atoms with Gasteiger partial charge in [-0.1, -0.05) is 12.8 Å². The highest BCUT2D eigenvalue weighted by atomic mass is 16.5. The van der Waals surface area contributed by atoms with E-state index in [1.807, 2.05) is 0 Å². The zero-order chi connectivity index (χ0) is 14.1. The molecule has 2 amide bonds. The number of fused-ring (bicyclic) bond motifs is 2. The molecule has 3 rings (SSSR count). The van der Waals surface area contributed by atoms with Crippen LogP contribution in [0.5, 0.6) is 0 Å². The lowest BCUT2D eigenvalue weighted by Crippen LogP contribution is -2.54. The van der Waals surface area contributed by atoms with E-state index in [1.54, 1.807) is 4.90 Å². The number of ether oxygens (including phenoxy) is 1. The van der Waals surface area contributed by atoms with E-state index in [4.69, 9.17) is 4.74 Å². The molecule has 1 saturated carbocycles. The predicted octanol–water partition coefficient (Wildman–Crippen LogP) is 1.20. The van der Waals surface area contributed by atoms with Crippen molar-refractivity contribution in [3.05, 3.63) is 0 Å². The van der Waals surface area contributed by atoms with Crippen LogP contribution in [0.3, 0.4) is 0 Å². The lowest BCUT2D eigenvalue weighted by molar-refractivity contribution is -0.143. The van der Waals surface area contributed by atoms with Crippen molar-refractivity contribution < 1.29 is 19.4 Å². The molecule has 0 spiro atoms. The number of hydrogen-bond donors (Lipinski definition) is 2. The number of nitrogens with zero attached hydrogens (tertiary/aromatic N) is 1. The number of nitrogens with one attached hydrogen (secondary N) is 1. The van der Waals surface area contributed by atoms with Crippen molar-refractivity contribution in [1.82, 2.24) is 10.2 Å². The molecule has 112 valence electrons. The van der Waals surface area contributed by atoms with Crippen LogP contribution >= 0.6 is 0 Å². The molecule has 2 heterocycles. The van der Waals surface area contributed by atoms with Crippen LogP contribution in [-0.2, 0) is 9.53 Å². The molecule has 2 saturated heterocycles. The molecule has 2 aliphatic heterocycles. The van der Waals surface area contributed by atoms with E-state index < -0.39 is 11.9 Å². The van der Waals surface area contributed by atoms with Gasteiger partial charge in [-0.15, -0.1) is 0 Å². The van der Waals surface area contributed by atoms with Gasteiger partial charge in [0.15, 0.2) is 0 Å². The van der Waals surface area contributed by atoms with Gasteiger partial charge in [0.2, 0.25) is 0 Å². The third kappa shape index (κ3) is 2.75. The first-order valence-electron chi connectivity index (χ1n) is 7.57. The molecule has 4 atom stereocenters. The molecule has 6 nitrogen and oxygen atoms in total. The van der Waals surface area contributed by atoms with Crippen molar-refractivity contribution in [2.24, 2.45) is 5.92 Å². The summed E-state index contributed by atoms with van der Waals surface area (Å²) in [7, 11) is 0. The second-order valence-corrected chi connectivity index (χ2v) is 6.15. The highest BCUT2D eigenvalue weighted by Crippen LogP contribution is 2.28. The van der Waals surface area contributed by atoms with Crippen LogP contribution in [0.15, 0.2) is 0 Å². The summed E-state index contributed by atoms with van der Waals surface area (Å²) in [5, 5.41) is 12.2. The number of rotatable bonds is 2. The molecule has 2 N–H and O–H groups in total. The molecule has 4 unspecified atom stereocenters. The van der Waals surface area contributed by atoms with Gasteiger partial charge in [0, 0.05) is 19.1 Å². The number of carbonyl (C=O) groups is 2. The summed E-state index contributed by atoms with van der Waals surface area (Å²) >= 11 is 0. The summed E-state index contributed by atoms with van der Waals surface area (Å²) in [6.45, 7) is 1.26. The molecule has 20 heavy (non-hydrogen) atoms. The lowest BCUT2D eigenvalue weighted by Gasteiger charge is -2.35. The topological polar surface area (TPSA) is 78.9 Å². The normalized spacial score (nSPS) is 36.7. The summed E-state index contributed by atoms with van der Waals surface area (Å²) in [6, 6.07) is -0.349. The zero-order valence-electron chi connectivity index (χ0n) is 11.6. The van der Waals surface area contributed by atoms with Crippen molar-refractivity contribution in [3.63, 3.8) is 0 Å². The second-order valence-electron chi connectivity index (χ2n) is 6.15. The van der Waals surface area contributed by atoms with Crippen LogP contribution in [0.4, 0.5) is 4.79 Å². The van der Waals surface area contributed by atoms with Gasteiger partial charge in [-0.25, -0.2) is 4.79 Å². The van der Waals surface area contributed by atoms with E-state index in [0.29, 0.717) is 19.5 Å². The summed E-state index contributed by atoms with van der Waals surface area (Å²) < 4.78 is 5.71. The average Bonchev–Trinajstić information content (AvgIpc) is 2.77. The fraction of sp³-hybridized carbons (Fsp3) is 0.857. The third-order valence-corrected chi connectivity index (χ3v) is 4.72. The molecule has 2 bridgehead atoms. The highest BCUT2D eigenvalue weighted by molar-refractivity contribution is 5.77. The van der Waals surface area contributed by atoms with Gasteiger partial charge in [-0.2, -0.15) is 0 Å². The number of carbonyl (C=O) groups excluding carboxylic acids is 1. The molecule has 0 aromatic heterocycles. The Balaban J connectivity index is 1.58. The molecule has 3 aliphatic rings. The van der Waals surface area contributed by atoms with Crippen molar-refractivity contribution in [2.75, 3.05) is 13.1 Å². The van der Waals surface area contributed by atoms with Crippen molar-refractivity contribution in [2.45, 2.75) is 56.8 Å². The van der Waals surface area contributed by atoms with Crippen LogP contribution in [0.2, 0.25) is 0 Å². The van der Waals surface area contributed by atoms with E-state index in [-0.39, 0.29) is 24.3 Å². The van der Waals surface area contributed by atoms with E-state index in [1.165, 1.54) is 0 Å². The van der Waals surface area contributed by atoms with E-state index >= 15 is 0 Å². The van der Waals surface area contributed by atoms with Crippen molar-refractivity contribution in [3.8, 4) is 0 Å². The highest BCUT2D eigenvalue weighted by Gasteiger charge is 2.38.